The van der Waals surface area contributed by atoms with E-state index in [4.69, 9.17) is 9.15 Å². The fourth-order valence-corrected chi connectivity index (χ4v) is 4.34. The first-order valence-corrected chi connectivity index (χ1v) is 9.92. The molecule has 0 spiro atoms. The number of nitrogens with one attached hydrogen (secondary N) is 2. The van der Waals surface area contributed by atoms with Gasteiger partial charge in [-0.25, -0.2) is 15.4 Å². The Balaban J connectivity index is 1.58. The fraction of sp³-hybridized carbons (Fsp3) is 0.273. The quantitative estimate of drug-likeness (QED) is 0.643. The first-order valence-electron chi connectivity index (χ1n) is 9.92. The molecule has 0 aliphatic carbocycles. The lowest BCUT2D eigenvalue weighted by atomic mass is 9.89. The molecule has 0 radical (unpaired) electrons. The van der Waals surface area contributed by atoms with Crippen LogP contribution in [0.25, 0.3) is 16.7 Å². The zero-order chi connectivity index (χ0) is 22.6. The summed E-state index contributed by atoms with van der Waals surface area (Å²) in [6.07, 6.45) is -5.50. The number of hydrogen-bond donors (Lipinski definition) is 2. The van der Waals surface area contributed by atoms with E-state index >= 15 is 0 Å². The summed E-state index contributed by atoms with van der Waals surface area (Å²) in [5.41, 5.74) is 4.11. The van der Waals surface area contributed by atoms with Crippen LogP contribution in [0.2, 0.25) is 0 Å². The topological polar surface area (TPSA) is 79.6 Å². The van der Waals surface area contributed by atoms with Gasteiger partial charge in [0.2, 0.25) is 5.89 Å². The molecule has 2 N–H and O–H groups in total. The standard InChI is InChI=1S/C22H19F3N4O3/c1-11-15(20-27-17-13(31-2)9-6-10-14(17)32-20)21(30)29-19(26-11)16(12-7-4-3-5-8-12)18(28-29)22(23,24)25/h3-10,16,18-19,26,28H,1-2H3. The second kappa shape index (κ2) is 7.27. The van der Waals surface area contributed by atoms with E-state index in [2.05, 4.69) is 15.7 Å². The molecule has 3 atom stereocenters. The average Bonchev–Trinajstić information content (AvgIpc) is 3.36. The molecule has 2 aliphatic heterocycles. The van der Waals surface area contributed by atoms with Crippen molar-refractivity contribution in [2.24, 2.45) is 0 Å². The van der Waals surface area contributed by atoms with Gasteiger partial charge in [-0.3, -0.25) is 4.79 Å². The van der Waals surface area contributed by atoms with Crippen LogP contribution in [-0.4, -0.2) is 41.4 Å². The van der Waals surface area contributed by atoms with Crippen molar-refractivity contribution in [2.75, 3.05) is 7.11 Å². The highest BCUT2D eigenvalue weighted by Gasteiger charge is 2.58. The summed E-state index contributed by atoms with van der Waals surface area (Å²) in [5, 5.41) is 4.06. The van der Waals surface area contributed by atoms with Gasteiger partial charge in [0.25, 0.3) is 5.91 Å². The van der Waals surface area contributed by atoms with Gasteiger partial charge in [-0.1, -0.05) is 36.4 Å². The van der Waals surface area contributed by atoms with E-state index in [1.54, 1.807) is 55.5 Å². The molecule has 3 aromatic rings. The van der Waals surface area contributed by atoms with E-state index in [9.17, 15) is 18.0 Å². The van der Waals surface area contributed by atoms with Crippen molar-refractivity contribution in [2.45, 2.75) is 31.2 Å². The maximum absolute atomic E-state index is 13.9. The minimum absolute atomic E-state index is 0.00599. The molecule has 1 aromatic heterocycles. The number of hydrazine groups is 1. The van der Waals surface area contributed by atoms with Gasteiger partial charge in [0.1, 0.15) is 23.5 Å². The van der Waals surface area contributed by atoms with Crippen LogP contribution in [0.1, 0.15) is 24.3 Å². The molecule has 32 heavy (non-hydrogen) atoms. The molecule has 2 aromatic carbocycles. The summed E-state index contributed by atoms with van der Waals surface area (Å²) < 4.78 is 52.8. The monoisotopic (exact) mass is 444 g/mol. The molecule has 0 bridgehead atoms. The molecule has 3 unspecified atom stereocenters. The van der Waals surface area contributed by atoms with Crippen LogP contribution in [0.5, 0.6) is 5.75 Å². The molecular weight excluding hydrogens is 425 g/mol. The second-order valence-corrected chi connectivity index (χ2v) is 7.68. The number of carbonyl (C=O) groups is 1. The molecule has 2 aliphatic rings. The minimum atomic E-state index is -4.57. The zero-order valence-corrected chi connectivity index (χ0v) is 17.1. The zero-order valence-electron chi connectivity index (χ0n) is 17.1. The third-order valence-electron chi connectivity index (χ3n) is 5.78. The number of para-hydroxylation sites is 1. The number of methoxy groups -OCH3 is 1. The molecule has 10 heteroatoms. The molecule has 1 saturated heterocycles. The lowest BCUT2D eigenvalue weighted by molar-refractivity contribution is -0.161. The number of rotatable bonds is 3. The number of ether oxygens (including phenoxy) is 1. The molecule has 166 valence electrons. The summed E-state index contributed by atoms with van der Waals surface area (Å²) in [6, 6.07) is 11.5. The predicted octanol–water partition coefficient (Wildman–Crippen LogP) is 3.56. The number of oxazole rings is 1. The molecule has 3 heterocycles. The van der Waals surface area contributed by atoms with E-state index in [0.717, 1.165) is 5.01 Å². The van der Waals surface area contributed by atoms with Crippen LogP contribution in [0.15, 0.2) is 58.6 Å². The van der Waals surface area contributed by atoms with Gasteiger partial charge in [0, 0.05) is 5.70 Å². The number of halogens is 3. The fourth-order valence-electron chi connectivity index (χ4n) is 4.34. The van der Waals surface area contributed by atoms with Crippen molar-refractivity contribution in [1.82, 2.24) is 20.7 Å². The van der Waals surface area contributed by atoms with E-state index in [1.807, 2.05) is 0 Å². The third kappa shape index (κ3) is 3.10. The normalized spacial score (nSPS) is 23.5. The Morgan fingerprint density at radius 3 is 2.56 bits per heavy atom. The Morgan fingerprint density at radius 2 is 1.88 bits per heavy atom. The summed E-state index contributed by atoms with van der Waals surface area (Å²) in [4.78, 5) is 17.7. The maximum atomic E-state index is 13.9. The summed E-state index contributed by atoms with van der Waals surface area (Å²) >= 11 is 0. The lowest BCUT2D eigenvalue weighted by Gasteiger charge is -2.34. The smallest absolute Gasteiger partial charge is 0.406 e. The Kier molecular flexibility index (Phi) is 4.63. The number of hydrogen-bond acceptors (Lipinski definition) is 6. The van der Waals surface area contributed by atoms with E-state index < -0.39 is 30.2 Å². The van der Waals surface area contributed by atoms with Crippen LogP contribution in [-0.2, 0) is 4.79 Å². The van der Waals surface area contributed by atoms with Crippen molar-refractivity contribution < 1.29 is 27.1 Å². The van der Waals surface area contributed by atoms with Gasteiger partial charge in [-0.15, -0.1) is 0 Å². The number of allylic oxidation sites excluding steroid dienone is 1. The number of alkyl halides is 3. The Morgan fingerprint density at radius 1 is 1.12 bits per heavy atom. The lowest BCUT2D eigenvalue weighted by Crippen LogP contribution is -2.54. The number of benzene rings is 2. The number of nitrogens with zero attached hydrogens (tertiary/aromatic N) is 2. The first kappa shape index (κ1) is 20.4. The predicted molar refractivity (Wildman–Crippen MR) is 109 cm³/mol. The highest BCUT2D eigenvalue weighted by atomic mass is 19.4. The minimum Gasteiger partial charge on any atom is -0.494 e. The van der Waals surface area contributed by atoms with E-state index in [0.29, 0.717) is 28.1 Å². The Hall–Kier alpha value is -3.53. The van der Waals surface area contributed by atoms with E-state index in [1.165, 1.54) is 7.11 Å². The van der Waals surface area contributed by atoms with Gasteiger partial charge < -0.3 is 14.5 Å². The first-order chi connectivity index (χ1) is 15.3. The number of amides is 1. The van der Waals surface area contributed by atoms with Crippen LogP contribution in [0.4, 0.5) is 13.2 Å². The van der Waals surface area contributed by atoms with Crippen LogP contribution < -0.4 is 15.5 Å². The van der Waals surface area contributed by atoms with Crippen LogP contribution in [0, 0.1) is 0 Å². The number of fused-ring (bicyclic) bond motifs is 2. The van der Waals surface area contributed by atoms with Gasteiger partial charge in [0.05, 0.1) is 13.0 Å². The van der Waals surface area contributed by atoms with Gasteiger partial charge in [-0.05, 0) is 24.6 Å². The van der Waals surface area contributed by atoms with Gasteiger partial charge in [0.15, 0.2) is 11.1 Å². The van der Waals surface area contributed by atoms with Crippen molar-refractivity contribution in [1.29, 1.82) is 0 Å². The summed E-state index contributed by atoms with van der Waals surface area (Å²) in [6.45, 7) is 1.62. The Bertz CT molecular complexity index is 1220. The Labute approximate surface area is 180 Å². The number of aromatic nitrogens is 1. The summed E-state index contributed by atoms with van der Waals surface area (Å²) in [7, 11) is 1.49. The van der Waals surface area contributed by atoms with Crippen molar-refractivity contribution in [3.8, 4) is 5.75 Å². The molecule has 7 nitrogen and oxygen atoms in total. The largest absolute Gasteiger partial charge is 0.494 e. The van der Waals surface area contributed by atoms with Crippen molar-refractivity contribution >= 4 is 22.6 Å². The summed E-state index contributed by atoms with van der Waals surface area (Å²) in [5.74, 6) is -1.22. The molecule has 1 fully saturated rings. The highest BCUT2D eigenvalue weighted by Crippen LogP contribution is 2.42. The van der Waals surface area contributed by atoms with Crippen LogP contribution >= 0.6 is 0 Å². The SMILES string of the molecule is COc1cccc2oc(C3=C(C)NC4C(c5ccccc5)C(C(F)(F)F)NN4C3=O)nc12. The second-order valence-electron chi connectivity index (χ2n) is 7.68. The van der Waals surface area contributed by atoms with E-state index in [-0.39, 0.29) is 11.5 Å². The molecule has 1 amide bonds. The highest BCUT2D eigenvalue weighted by molar-refractivity contribution is 6.20. The number of carbonyl (C=O) groups excluding carboxylic acids is 1. The molecule has 0 saturated carbocycles. The average molecular weight is 444 g/mol. The van der Waals surface area contributed by atoms with Crippen LogP contribution in [0.3, 0.4) is 0 Å². The van der Waals surface area contributed by atoms with Gasteiger partial charge in [-0.2, -0.15) is 13.2 Å². The maximum Gasteiger partial charge on any atom is 0.406 e. The van der Waals surface area contributed by atoms with Gasteiger partial charge >= 0.3 is 6.18 Å². The van der Waals surface area contributed by atoms with Crippen molar-refractivity contribution in [3.63, 3.8) is 0 Å². The van der Waals surface area contributed by atoms with Crippen molar-refractivity contribution in [3.05, 3.63) is 65.7 Å². The molecular formula is C22H19F3N4O3. The third-order valence-corrected chi connectivity index (χ3v) is 5.78. The molecule has 5 rings (SSSR count).